The van der Waals surface area contributed by atoms with E-state index in [4.69, 9.17) is 0 Å². The van der Waals surface area contributed by atoms with Gasteiger partial charge in [0.15, 0.2) is 0 Å². The van der Waals surface area contributed by atoms with E-state index >= 15 is 0 Å². The molecule has 1 aliphatic rings. The van der Waals surface area contributed by atoms with Gasteiger partial charge >= 0.3 is 0 Å². The van der Waals surface area contributed by atoms with E-state index in [0.717, 1.165) is 28.7 Å². The minimum absolute atomic E-state index is 0.255. The van der Waals surface area contributed by atoms with Crippen molar-refractivity contribution in [2.24, 2.45) is 0 Å². The van der Waals surface area contributed by atoms with Gasteiger partial charge in [-0.1, -0.05) is 52.3 Å². The lowest BCUT2D eigenvalue weighted by atomic mass is 9.99. The molecule has 21 heavy (non-hydrogen) atoms. The summed E-state index contributed by atoms with van der Waals surface area (Å²) < 4.78 is 0.951. The van der Waals surface area contributed by atoms with Crippen LogP contribution in [0.15, 0.2) is 53.0 Å². The fourth-order valence-electron chi connectivity index (χ4n) is 3.05. The number of hydrogen-bond acceptors (Lipinski definition) is 3. The van der Waals surface area contributed by atoms with Crippen molar-refractivity contribution < 1.29 is 10.2 Å². The Bertz CT molecular complexity index is 632. The standard InChI is InChI=1S/C17H18BrNO2/c18-14-7-3-2-6-13(14)17(16(21)11-20)19-10-9-12-5-1-4-8-15(12)19/h1-8,16-17,20-21H,9-11H2. The smallest absolute Gasteiger partial charge is 0.102 e. The topological polar surface area (TPSA) is 43.7 Å². The summed E-state index contributed by atoms with van der Waals surface area (Å²) in [4.78, 5) is 2.19. The number of hydrogen-bond donors (Lipinski definition) is 2. The normalized spacial score (nSPS) is 16.6. The second kappa shape index (κ2) is 6.18. The first-order valence-electron chi connectivity index (χ1n) is 7.10. The molecule has 2 aromatic rings. The van der Waals surface area contributed by atoms with Crippen molar-refractivity contribution in [1.29, 1.82) is 0 Å². The summed E-state index contributed by atoms with van der Waals surface area (Å²) in [5.41, 5.74) is 3.43. The van der Waals surface area contributed by atoms with Crippen LogP contribution in [0.1, 0.15) is 17.2 Å². The van der Waals surface area contributed by atoms with Crippen molar-refractivity contribution >= 4 is 21.6 Å². The third-order valence-corrected chi connectivity index (χ3v) is 4.76. The Morgan fingerprint density at radius 1 is 1.10 bits per heavy atom. The Morgan fingerprint density at radius 3 is 2.57 bits per heavy atom. The molecule has 0 aromatic heterocycles. The Balaban J connectivity index is 2.04. The predicted octanol–water partition coefficient (Wildman–Crippen LogP) is 2.91. The van der Waals surface area contributed by atoms with Gasteiger partial charge < -0.3 is 15.1 Å². The van der Waals surface area contributed by atoms with E-state index < -0.39 is 6.10 Å². The quantitative estimate of drug-likeness (QED) is 0.893. The average Bonchev–Trinajstić information content (AvgIpc) is 2.93. The SMILES string of the molecule is OCC(O)C(c1ccccc1Br)N1CCc2ccccc21. The van der Waals surface area contributed by atoms with Crippen LogP contribution in [0.5, 0.6) is 0 Å². The van der Waals surface area contributed by atoms with Gasteiger partial charge in [0, 0.05) is 16.7 Å². The van der Waals surface area contributed by atoms with Gasteiger partial charge in [0.2, 0.25) is 0 Å². The van der Waals surface area contributed by atoms with Gasteiger partial charge in [-0.25, -0.2) is 0 Å². The van der Waals surface area contributed by atoms with Gasteiger partial charge in [0.1, 0.15) is 6.10 Å². The van der Waals surface area contributed by atoms with Crippen molar-refractivity contribution in [3.05, 3.63) is 64.1 Å². The van der Waals surface area contributed by atoms with Crippen LogP contribution in [-0.4, -0.2) is 29.5 Å². The van der Waals surface area contributed by atoms with E-state index in [1.165, 1.54) is 5.56 Å². The van der Waals surface area contributed by atoms with Gasteiger partial charge in [-0.15, -0.1) is 0 Å². The summed E-state index contributed by atoms with van der Waals surface area (Å²) in [5, 5.41) is 19.8. The largest absolute Gasteiger partial charge is 0.394 e. The van der Waals surface area contributed by atoms with Crippen LogP contribution in [0.4, 0.5) is 5.69 Å². The molecule has 2 atom stereocenters. The molecule has 1 aliphatic heterocycles. The monoisotopic (exact) mass is 347 g/mol. The Hall–Kier alpha value is -1.36. The first kappa shape index (κ1) is 14.6. The zero-order chi connectivity index (χ0) is 14.8. The molecule has 0 fully saturated rings. The van der Waals surface area contributed by atoms with Crippen LogP contribution in [0, 0.1) is 0 Å². The first-order valence-corrected chi connectivity index (χ1v) is 7.89. The highest BCUT2D eigenvalue weighted by Gasteiger charge is 2.32. The highest BCUT2D eigenvalue weighted by Crippen LogP contribution is 2.38. The molecule has 0 aliphatic carbocycles. The van der Waals surface area contributed by atoms with Gasteiger partial charge in [-0.05, 0) is 29.7 Å². The number of fused-ring (bicyclic) bond motifs is 1. The van der Waals surface area contributed by atoms with Crippen LogP contribution in [0.2, 0.25) is 0 Å². The summed E-state index contributed by atoms with van der Waals surface area (Å²) in [7, 11) is 0. The van der Waals surface area contributed by atoms with Crippen molar-refractivity contribution in [2.45, 2.75) is 18.6 Å². The van der Waals surface area contributed by atoms with Crippen molar-refractivity contribution in [3.8, 4) is 0 Å². The van der Waals surface area contributed by atoms with Crippen molar-refractivity contribution in [2.75, 3.05) is 18.1 Å². The van der Waals surface area contributed by atoms with Gasteiger partial charge in [-0.2, -0.15) is 0 Å². The third-order valence-electron chi connectivity index (χ3n) is 4.03. The predicted molar refractivity (Wildman–Crippen MR) is 87.5 cm³/mol. The van der Waals surface area contributed by atoms with Crippen LogP contribution in [-0.2, 0) is 6.42 Å². The fraction of sp³-hybridized carbons (Fsp3) is 0.294. The number of anilines is 1. The molecule has 4 heteroatoms. The summed E-state index contributed by atoms with van der Waals surface area (Å²) >= 11 is 3.56. The molecule has 110 valence electrons. The van der Waals surface area contributed by atoms with Gasteiger partial charge in [0.25, 0.3) is 0 Å². The fourth-order valence-corrected chi connectivity index (χ4v) is 3.57. The van der Waals surface area contributed by atoms with Crippen LogP contribution < -0.4 is 4.90 Å². The molecule has 0 saturated carbocycles. The molecule has 3 rings (SSSR count). The van der Waals surface area contributed by atoms with Crippen LogP contribution in [0.3, 0.4) is 0 Å². The third kappa shape index (κ3) is 2.71. The van der Waals surface area contributed by atoms with E-state index in [0.29, 0.717) is 0 Å². The van der Waals surface area contributed by atoms with Crippen molar-refractivity contribution in [1.82, 2.24) is 0 Å². The Morgan fingerprint density at radius 2 is 1.81 bits per heavy atom. The Kier molecular flexibility index (Phi) is 4.29. The summed E-state index contributed by atoms with van der Waals surface area (Å²) in [5.74, 6) is 0. The average molecular weight is 348 g/mol. The molecular formula is C17H18BrNO2. The highest BCUT2D eigenvalue weighted by atomic mass is 79.9. The number of aliphatic hydroxyl groups is 2. The number of aliphatic hydroxyl groups excluding tert-OH is 2. The number of benzene rings is 2. The van der Waals surface area contributed by atoms with Crippen LogP contribution >= 0.6 is 15.9 Å². The number of rotatable bonds is 4. The molecule has 2 N–H and O–H groups in total. The molecule has 2 unspecified atom stereocenters. The second-order valence-electron chi connectivity index (χ2n) is 5.29. The number of para-hydroxylation sites is 1. The summed E-state index contributed by atoms with van der Waals surface area (Å²) in [6.45, 7) is 0.590. The summed E-state index contributed by atoms with van der Waals surface area (Å²) in [6, 6.07) is 15.9. The van der Waals surface area contributed by atoms with E-state index in [-0.39, 0.29) is 12.6 Å². The molecule has 2 aromatic carbocycles. The molecule has 0 spiro atoms. The molecule has 0 saturated heterocycles. The lowest BCUT2D eigenvalue weighted by Gasteiger charge is -2.34. The lowest BCUT2D eigenvalue weighted by molar-refractivity contribution is 0.0715. The molecule has 1 heterocycles. The van der Waals surface area contributed by atoms with E-state index in [1.54, 1.807) is 0 Å². The second-order valence-corrected chi connectivity index (χ2v) is 6.14. The molecule has 0 amide bonds. The maximum absolute atomic E-state index is 10.4. The zero-order valence-electron chi connectivity index (χ0n) is 11.6. The van der Waals surface area contributed by atoms with Crippen molar-refractivity contribution in [3.63, 3.8) is 0 Å². The van der Waals surface area contributed by atoms with E-state index in [9.17, 15) is 10.2 Å². The zero-order valence-corrected chi connectivity index (χ0v) is 13.2. The molecular weight excluding hydrogens is 330 g/mol. The number of halogens is 1. The maximum atomic E-state index is 10.4. The Labute approximate surface area is 133 Å². The van der Waals surface area contributed by atoms with E-state index in [1.807, 2.05) is 36.4 Å². The number of nitrogens with zero attached hydrogens (tertiary/aromatic N) is 1. The summed E-state index contributed by atoms with van der Waals surface area (Å²) in [6.07, 6.45) is 0.143. The highest BCUT2D eigenvalue weighted by molar-refractivity contribution is 9.10. The van der Waals surface area contributed by atoms with E-state index in [2.05, 4.69) is 33.0 Å². The first-order chi connectivity index (χ1) is 10.2. The molecule has 0 radical (unpaired) electrons. The van der Waals surface area contributed by atoms with Gasteiger partial charge in [0.05, 0.1) is 12.6 Å². The molecule has 3 nitrogen and oxygen atoms in total. The minimum atomic E-state index is -0.824. The molecule has 0 bridgehead atoms. The van der Waals surface area contributed by atoms with Gasteiger partial charge in [-0.3, -0.25) is 0 Å². The van der Waals surface area contributed by atoms with Crippen LogP contribution in [0.25, 0.3) is 0 Å². The maximum Gasteiger partial charge on any atom is 0.102 e. The minimum Gasteiger partial charge on any atom is -0.394 e. The lowest BCUT2D eigenvalue weighted by Crippen LogP contribution is -2.37.